The third-order valence-corrected chi connectivity index (χ3v) is 29.8. The fourth-order valence-corrected chi connectivity index (χ4v) is 28.0. The predicted octanol–water partition coefficient (Wildman–Crippen LogP) is 19.1. The first-order chi connectivity index (χ1) is 48.0. The molecule has 0 N–H and O–H groups in total. The Morgan fingerprint density at radius 2 is 0.280 bits per heavy atom. The van der Waals surface area contributed by atoms with Crippen molar-refractivity contribution in [3.63, 3.8) is 0 Å². The fourth-order valence-electron chi connectivity index (χ4n) is 16.2. The van der Waals surface area contributed by atoms with E-state index in [4.69, 9.17) is 0 Å². The summed E-state index contributed by atoms with van der Waals surface area (Å²) in [6.45, 7) is 36.0. The Balaban J connectivity index is 0.000000179. The van der Waals surface area contributed by atoms with Crippen LogP contribution in [0, 0.1) is 111 Å². The van der Waals surface area contributed by atoms with E-state index in [9.17, 15) is 0 Å². The van der Waals surface area contributed by atoms with E-state index in [2.05, 4.69) is 329 Å². The zero-order chi connectivity index (χ0) is 70.2. The summed E-state index contributed by atoms with van der Waals surface area (Å²) in [6.07, 6.45) is 8.27. The minimum Gasteiger partial charge on any atom is -0.0587 e. The molecule has 4 heteroatoms. The van der Waals surface area contributed by atoms with Gasteiger partial charge in [-0.05, 0) is 302 Å². The Hall–Kier alpha value is -7.64. The van der Waals surface area contributed by atoms with Crippen LogP contribution in [0.1, 0.15) is 134 Å². The molecule has 8 bridgehead atoms. The first kappa shape index (κ1) is 70.8. The molecule has 0 nitrogen and oxygen atoms in total. The van der Waals surface area contributed by atoms with Crippen molar-refractivity contribution in [1.82, 2.24) is 0 Å². The summed E-state index contributed by atoms with van der Waals surface area (Å²) >= 11 is 0. The quantitative estimate of drug-likeness (QED) is 0.107. The highest BCUT2D eigenvalue weighted by atomic mass is 31.1. The molecule has 0 spiro atoms. The summed E-state index contributed by atoms with van der Waals surface area (Å²) in [6, 6.07) is 87.7. The Labute approximate surface area is 605 Å². The van der Waals surface area contributed by atoms with Gasteiger partial charge < -0.3 is 0 Å². The molecule has 0 saturated heterocycles. The lowest BCUT2D eigenvalue weighted by Crippen LogP contribution is -2.27. The van der Waals surface area contributed by atoms with Crippen LogP contribution in [0.3, 0.4) is 0 Å². The van der Waals surface area contributed by atoms with Gasteiger partial charge in [0.2, 0.25) is 0 Å². The Morgan fingerprint density at radius 1 is 0.150 bits per heavy atom. The molecule has 0 radical (unpaired) electrons. The van der Waals surface area contributed by atoms with Gasteiger partial charge in [0.1, 0.15) is 0 Å². The van der Waals surface area contributed by atoms with Gasteiger partial charge in [0.05, 0.1) is 0 Å². The average Bonchev–Trinajstić information content (AvgIpc) is 0.791. The monoisotopic (exact) mass is 1380 g/mol. The van der Waals surface area contributed by atoms with Crippen LogP contribution in [0.4, 0.5) is 0 Å². The summed E-state index contributed by atoms with van der Waals surface area (Å²) in [5.74, 6) is 0. The normalized spacial score (nSPS) is 12.8. The van der Waals surface area contributed by atoms with Crippen molar-refractivity contribution < 1.29 is 0 Å². The van der Waals surface area contributed by atoms with Crippen molar-refractivity contribution in [2.75, 3.05) is 0 Å². The Bertz CT molecular complexity index is 4080. The third kappa shape index (κ3) is 16.6. The zero-order valence-corrected chi connectivity index (χ0v) is 65.8. The number of rotatable bonds is 12. The highest BCUT2D eigenvalue weighted by Crippen LogP contribution is 2.42. The van der Waals surface area contributed by atoms with Gasteiger partial charge in [-0.3, -0.25) is 0 Å². The van der Waals surface area contributed by atoms with Crippen molar-refractivity contribution in [1.29, 1.82) is 0 Å². The molecule has 8 aliphatic carbocycles. The minimum atomic E-state index is -0.707. The van der Waals surface area contributed by atoms with E-state index >= 15 is 0 Å². The average molecular weight is 1380 g/mol. The first-order valence-corrected chi connectivity index (χ1v) is 41.7. The van der Waals surface area contributed by atoms with E-state index in [-0.39, 0.29) is 0 Å². The number of hydrogen-bond acceptors (Lipinski definition) is 0. The molecule has 0 aromatic heterocycles. The fraction of sp³-hybridized carbons (Fsp3) is 0.250. The van der Waals surface area contributed by atoms with Crippen LogP contribution in [-0.2, 0) is 51.4 Å². The lowest BCUT2D eigenvalue weighted by molar-refractivity contribution is 0.933. The van der Waals surface area contributed by atoms with Crippen LogP contribution in [-0.4, -0.2) is 0 Å². The van der Waals surface area contributed by atoms with Crippen molar-refractivity contribution >= 4 is 95.3 Å². The Morgan fingerprint density at radius 3 is 0.410 bits per heavy atom. The second-order valence-electron chi connectivity index (χ2n) is 30.0. The predicted molar refractivity (Wildman–Crippen MR) is 446 cm³/mol. The van der Waals surface area contributed by atoms with E-state index in [0.29, 0.717) is 0 Å². The zero-order valence-electron chi connectivity index (χ0n) is 62.2. The number of hydrogen-bond donors (Lipinski definition) is 0. The molecule has 8 aliphatic rings. The molecule has 100 heavy (non-hydrogen) atoms. The van der Waals surface area contributed by atoms with Crippen LogP contribution in [0.2, 0.25) is 0 Å². The molecule has 20 rings (SSSR count). The van der Waals surface area contributed by atoms with Crippen molar-refractivity contribution in [3.05, 3.63) is 352 Å². The van der Waals surface area contributed by atoms with E-state index in [1.165, 1.54) is 197 Å². The molecule has 0 fully saturated rings. The van der Waals surface area contributed by atoms with Gasteiger partial charge in [-0.25, -0.2) is 0 Å². The lowest BCUT2D eigenvalue weighted by Gasteiger charge is -2.27. The maximum absolute atomic E-state index is 2.60. The van der Waals surface area contributed by atoms with E-state index in [1.807, 2.05) is 0 Å². The van der Waals surface area contributed by atoms with Gasteiger partial charge >= 0.3 is 0 Å². The first-order valence-electron chi connectivity index (χ1n) is 36.3. The molecule has 0 saturated carbocycles. The molecule has 12 aromatic carbocycles. The topological polar surface area (TPSA) is 0 Å². The Kier molecular flexibility index (Phi) is 21.6. The van der Waals surface area contributed by atoms with Crippen LogP contribution >= 0.6 is 31.7 Å². The van der Waals surface area contributed by atoms with Crippen molar-refractivity contribution in [2.24, 2.45) is 0 Å². The smallest absolute Gasteiger partial charge is 0.0116 e. The molecule has 0 heterocycles. The summed E-state index contributed by atoms with van der Waals surface area (Å²) in [5, 5.41) is 17.9. The molecule has 0 aliphatic heterocycles. The van der Waals surface area contributed by atoms with E-state index < -0.39 is 31.7 Å². The number of benzene rings is 12. The van der Waals surface area contributed by atoms with E-state index in [0.717, 1.165) is 51.4 Å². The SMILES string of the molecule is Cc1cc(C)cc(P(c2cc(C)cc(C)c2)c2cc3ccc2CCc2ccc(c(P(c4cc(C)cc(C)c4)c4cc(C)cc(C)c4)c2)CC3)c1.Cc1cc(C)cc(P(c2cc(C)cc(C)c2)c2cc3ccc2CCc2ccc(c(P(c4cc(C)cc(C)c4)c4cc(C)cc(C)c4)c2)CC3)c1. The second-order valence-corrected chi connectivity index (χ2v) is 38.7. The second kappa shape index (κ2) is 30.5. The highest BCUT2D eigenvalue weighted by Gasteiger charge is 2.28. The van der Waals surface area contributed by atoms with E-state index in [1.54, 1.807) is 0 Å². The van der Waals surface area contributed by atoms with Gasteiger partial charge in [-0.15, -0.1) is 0 Å². The van der Waals surface area contributed by atoms with Gasteiger partial charge in [0.15, 0.2) is 0 Å². The van der Waals surface area contributed by atoms with Crippen LogP contribution < -0.4 is 63.7 Å². The van der Waals surface area contributed by atoms with Crippen LogP contribution in [0.25, 0.3) is 0 Å². The largest absolute Gasteiger partial charge is 0.0587 e. The molecule has 0 unspecified atom stereocenters. The molecular formula is C96H100P4. The van der Waals surface area contributed by atoms with Gasteiger partial charge in [-0.1, -0.05) is 307 Å². The standard InChI is InChI=1S/2C48H50P2/c2*1-31-17-32(2)22-43(21-31)49(44-23-33(3)18-34(4)24-44)47-29-39-9-13-41(47)15-11-40-10-14-42(16-12-39)48(30-40)50(45-25-35(5)19-36(6)26-45)46-27-37(7)20-38(8)28-46/h2*9-10,13-14,17-30H,11-12,15-16H2,1-8H3. The summed E-state index contributed by atoms with van der Waals surface area (Å²) in [4.78, 5) is 0. The molecular weight excluding hydrogens is 1280 g/mol. The van der Waals surface area contributed by atoms with Crippen molar-refractivity contribution in [3.8, 4) is 0 Å². The van der Waals surface area contributed by atoms with Gasteiger partial charge in [0.25, 0.3) is 0 Å². The highest BCUT2D eigenvalue weighted by molar-refractivity contribution is 7.81. The van der Waals surface area contributed by atoms with Crippen molar-refractivity contribution in [2.45, 2.75) is 162 Å². The lowest BCUT2D eigenvalue weighted by atomic mass is 9.96. The van der Waals surface area contributed by atoms with Crippen LogP contribution in [0.5, 0.6) is 0 Å². The number of aryl methyl sites for hydroxylation is 24. The summed E-state index contributed by atoms with van der Waals surface area (Å²) < 4.78 is 0. The maximum Gasteiger partial charge on any atom is -0.0116 e. The van der Waals surface area contributed by atoms with Crippen LogP contribution in [0.15, 0.2) is 218 Å². The van der Waals surface area contributed by atoms with Gasteiger partial charge in [0, 0.05) is 0 Å². The molecule has 0 amide bonds. The molecule has 504 valence electrons. The third-order valence-electron chi connectivity index (χ3n) is 20.0. The summed E-state index contributed by atoms with van der Waals surface area (Å²) in [5.41, 5.74) is 33.3. The maximum atomic E-state index is 2.60. The minimum absolute atomic E-state index is 0.707. The summed E-state index contributed by atoms with van der Waals surface area (Å²) in [7, 11) is -2.83. The molecule has 0 atom stereocenters. The van der Waals surface area contributed by atoms with Gasteiger partial charge in [-0.2, -0.15) is 0 Å². The molecule has 12 aromatic rings.